The number of aromatic amines is 2. The molecule has 1 atom stereocenters. The molecule has 2 aromatic carbocycles. The van der Waals surface area contributed by atoms with Gasteiger partial charge >= 0.3 is 5.69 Å². The van der Waals surface area contributed by atoms with Crippen LogP contribution in [0.1, 0.15) is 18.5 Å². The highest BCUT2D eigenvalue weighted by Crippen LogP contribution is 2.23. The van der Waals surface area contributed by atoms with Crippen molar-refractivity contribution >= 4 is 22.1 Å². The zero-order valence-corrected chi connectivity index (χ0v) is 11.5. The van der Waals surface area contributed by atoms with E-state index in [0.717, 1.165) is 27.6 Å². The van der Waals surface area contributed by atoms with Crippen LogP contribution in [-0.2, 0) is 0 Å². The Hall–Kier alpha value is -2.82. The van der Waals surface area contributed by atoms with Gasteiger partial charge in [0.05, 0.1) is 34.4 Å². The molecule has 0 aliphatic carbocycles. The van der Waals surface area contributed by atoms with E-state index in [1.807, 2.05) is 49.4 Å². The van der Waals surface area contributed by atoms with Crippen molar-refractivity contribution in [3.05, 3.63) is 64.8 Å². The Balaban J connectivity index is 1.91. The summed E-state index contributed by atoms with van der Waals surface area (Å²) >= 11 is 0. The summed E-state index contributed by atoms with van der Waals surface area (Å²) in [5.41, 5.74) is 4.66. The van der Waals surface area contributed by atoms with Gasteiger partial charge < -0.3 is 9.97 Å². The van der Waals surface area contributed by atoms with E-state index in [9.17, 15) is 4.79 Å². The number of fused-ring (bicyclic) bond motifs is 2. The second kappa shape index (κ2) is 4.34. The van der Waals surface area contributed by atoms with Gasteiger partial charge in [-0.3, -0.25) is 4.57 Å². The number of benzene rings is 2. The molecule has 2 N–H and O–H groups in total. The molecule has 1 unspecified atom stereocenters. The standard InChI is InChI=1S/C16H14N4O/c1-10(11-6-7-12-14(8-11)18-9-17-12)20-15-5-3-2-4-13(15)19-16(20)21/h2-10H,1H3,(H,17,18)(H,19,21). The van der Waals surface area contributed by atoms with E-state index in [2.05, 4.69) is 15.0 Å². The van der Waals surface area contributed by atoms with Crippen LogP contribution in [0.15, 0.2) is 53.6 Å². The van der Waals surface area contributed by atoms with Crippen LogP contribution >= 0.6 is 0 Å². The lowest BCUT2D eigenvalue weighted by Gasteiger charge is -2.14. The fourth-order valence-corrected chi connectivity index (χ4v) is 2.82. The summed E-state index contributed by atoms with van der Waals surface area (Å²) < 4.78 is 1.78. The van der Waals surface area contributed by atoms with Crippen LogP contribution in [0.3, 0.4) is 0 Å². The fourth-order valence-electron chi connectivity index (χ4n) is 2.82. The van der Waals surface area contributed by atoms with Crippen LogP contribution in [0.4, 0.5) is 0 Å². The molecular weight excluding hydrogens is 264 g/mol. The summed E-state index contributed by atoms with van der Waals surface area (Å²) in [5, 5.41) is 0. The Morgan fingerprint density at radius 3 is 2.90 bits per heavy atom. The molecule has 0 saturated heterocycles. The lowest BCUT2D eigenvalue weighted by molar-refractivity contribution is 0.636. The third kappa shape index (κ3) is 1.78. The Morgan fingerprint density at radius 1 is 1.14 bits per heavy atom. The molecule has 4 rings (SSSR count). The van der Waals surface area contributed by atoms with E-state index in [1.54, 1.807) is 10.9 Å². The van der Waals surface area contributed by atoms with Gasteiger partial charge in [-0.1, -0.05) is 18.2 Å². The van der Waals surface area contributed by atoms with E-state index in [4.69, 9.17) is 0 Å². The van der Waals surface area contributed by atoms with Crippen molar-refractivity contribution in [1.82, 2.24) is 19.5 Å². The maximum Gasteiger partial charge on any atom is 0.327 e. The largest absolute Gasteiger partial charge is 0.345 e. The first-order valence-electron chi connectivity index (χ1n) is 6.86. The molecule has 0 spiro atoms. The molecule has 0 radical (unpaired) electrons. The number of hydrogen-bond acceptors (Lipinski definition) is 2. The fraction of sp³-hybridized carbons (Fsp3) is 0.125. The minimum absolute atomic E-state index is 0.0543. The summed E-state index contributed by atoms with van der Waals surface area (Å²) in [6.45, 7) is 2.03. The quantitative estimate of drug-likeness (QED) is 0.592. The molecule has 5 heteroatoms. The van der Waals surface area contributed by atoms with Crippen LogP contribution < -0.4 is 5.69 Å². The molecule has 0 bridgehead atoms. The molecule has 4 aromatic rings. The van der Waals surface area contributed by atoms with Crippen LogP contribution in [0.25, 0.3) is 22.1 Å². The van der Waals surface area contributed by atoms with Gasteiger partial charge in [0.1, 0.15) is 0 Å². The van der Waals surface area contributed by atoms with Crippen molar-refractivity contribution in [3.63, 3.8) is 0 Å². The lowest BCUT2D eigenvalue weighted by Crippen LogP contribution is -2.21. The van der Waals surface area contributed by atoms with Crippen LogP contribution in [0.5, 0.6) is 0 Å². The van der Waals surface area contributed by atoms with Gasteiger partial charge in [0.2, 0.25) is 0 Å². The Kier molecular flexibility index (Phi) is 2.47. The minimum atomic E-state index is -0.0894. The van der Waals surface area contributed by atoms with Crippen molar-refractivity contribution in [3.8, 4) is 0 Å². The second-order valence-corrected chi connectivity index (χ2v) is 5.17. The highest BCUT2D eigenvalue weighted by molar-refractivity contribution is 5.77. The van der Waals surface area contributed by atoms with Crippen molar-refractivity contribution in [2.75, 3.05) is 0 Å². The average Bonchev–Trinajstić information content (AvgIpc) is 3.08. The first-order valence-corrected chi connectivity index (χ1v) is 6.86. The van der Waals surface area contributed by atoms with E-state index in [-0.39, 0.29) is 11.7 Å². The van der Waals surface area contributed by atoms with Gasteiger partial charge in [-0.15, -0.1) is 0 Å². The third-order valence-corrected chi connectivity index (χ3v) is 3.94. The maximum absolute atomic E-state index is 12.3. The summed E-state index contributed by atoms with van der Waals surface area (Å²) in [6.07, 6.45) is 1.68. The molecule has 0 amide bonds. The molecule has 0 fully saturated rings. The SMILES string of the molecule is CC(c1ccc2nc[nH]c2c1)n1c(=O)[nH]c2ccccc21. The molecule has 104 valence electrons. The molecule has 2 aromatic heterocycles. The first-order chi connectivity index (χ1) is 10.2. The number of imidazole rings is 2. The number of nitrogens with one attached hydrogen (secondary N) is 2. The van der Waals surface area contributed by atoms with E-state index >= 15 is 0 Å². The van der Waals surface area contributed by atoms with Gasteiger partial charge in [-0.2, -0.15) is 0 Å². The summed E-state index contributed by atoms with van der Waals surface area (Å²) in [6, 6.07) is 13.7. The molecule has 0 aliphatic rings. The smallest absolute Gasteiger partial charge is 0.327 e. The van der Waals surface area contributed by atoms with Gasteiger partial charge in [0.15, 0.2) is 0 Å². The van der Waals surface area contributed by atoms with Crippen molar-refractivity contribution in [2.45, 2.75) is 13.0 Å². The van der Waals surface area contributed by atoms with Crippen molar-refractivity contribution < 1.29 is 0 Å². The summed E-state index contributed by atoms with van der Waals surface area (Å²) in [7, 11) is 0. The lowest BCUT2D eigenvalue weighted by atomic mass is 10.1. The minimum Gasteiger partial charge on any atom is -0.345 e. The Bertz CT molecular complexity index is 992. The molecule has 0 aliphatic heterocycles. The topological polar surface area (TPSA) is 66.5 Å². The van der Waals surface area contributed by atoms with Crippen LogP contribution in [-0.4, -0.2) is 19.5 Å². The average molecular weight is 278 g/mol. The van der Waals surface area contributed by atoms with E-state index in [1.165, 1.54) is 0 Å². The second-order valence-electron chi connectivity index (χ2n) is 5.17. The number of hydrogen-bond donors (Lipinski definition) is 2. The Morgan fingerprint density at radius 2 is 2.00 bits per heavy atom. The predicted molar refractivity (Wildman–Crippen MR) is 82.5 cm³/mol. The van der Waals surface area contributed by atoms with Gasteiger partial charge in [-0.25, -0.2) is 9.78 Å². The number of nitrogens with zero attached hydrogens (tertiary/aromatic N) is 2. The molecule has 21 heavy (non-hydrogen) atoms. The normalized spacial score (nSPS) is 13.0. The number of aromatic nitrogens is 4. The summed E-state index contributed by atoms with van der Waals surface area (Å²) in [5.74, 6) is 0. The Labute approximate surface area is 120 Å². The number of rotatable bonds is 2. The highest BCUT2D eigenvalue weighted by Gasteiger charge is 2.15. The third-order valence-electron chi connectivity index (χ3n) is 3.94. The highest BCUT2D eigenvalue weighted by atomic mass is 16.1. The first kappa shape index (κ1) is 12.0. The van der Waals surface area contributed by atoms with Gasteiger partial charge in [0.25, 0.3) is 0 Å². The van der Waals surface area contributed by atoms with E-state index < -0.39 is 0 Å². The van der Waals surface area contributed by atoms with E-state index in [0.29, 0.717) is 0 Å². The molecular formula is C16H14N4O. The zero-order valence-electron chi connectivity index (χ0n) is 11.5. The molecule has 5 nitrogen and oxygen atoms in total. The summed E-state index contributed by atoms with van der Waals surface area (Å²) in [4.78, 5) is 22.5. The number of H-pyrrole nitrogens is 2. The van der Waals surface area contributed by atoms with Crippen molar-refractivity contribution in [2.24, 2.45) is 0 Å². The van der Waals surface area contributed by atoms with Crippen LogP contribution in [0.2, 0.25) is 0 Å². The number of para-hydroxylation sites is 2. The maximum atomic E-state index is 12.3. The molecule has 0 saturated carbocycles. The monoisotopic (exact) mass is 278 g/mol. The van der Waals surface area contributed by atoms with Crippen molar-refractivity contribution in [1.29, 1.82) is 0 Å². The van der Waals surface area contributed by atoms with Crippen LogP contribution in [0, 0.1) is 0 Å². The predicted octanol–water partition coefficient (Wildman–Crippen LogP) is 2.82. The van der Waals surface area contributed by atoms with Gasteiger partial charge in [0, 0.05) is 0 Å². The molecule has 2 heterocycles. The zero-order chi connectivity index (χ0) is 14.4. The van der Waals surface area contributed by atoms with Gasteiger partial charge in [-0.05, 0) is 36.8 Å².